The van der Waals surface area contributed by atoms with Gasteiger partial charge in [0.2, 0.25) is 5.91 Å². The van der Waals surface area contributed by atoms with E-state index in [0.717, 1.165) is 55.8 Å². The second kappa shape index (κ2) is 7.74. The molecule has 2 aliphatic rings. The summed E-state index contributed by atoms with van der Waals surface area (Å²) < 4.78 is 0. The number of carbonyl (C=O) groups excluding carboxylic acids is 2. The first-order valence-corrected chi connectivity index (χ1v) is 10.1. The fraction of sp³-hybridized carbons (Fsp3) is 0.435. The first kappa shape index (κ1) is 18.7. The van der Waals surface area contributed by atoms with Gasteiger partial charge in [0.1, 0.15) is 0 Å². The first-order chi connectivity index (χ1) is 13.5. The van der Waals surface area contributed by atoms with Crippen molar-refractivity contribution >= 4 is 11.8 Å². The second-order valence-electron chi connectivity index (χ2n) is 8.18. The van der Waals surface area contributed by atoms with Gasteiger partial charge in [-0.15, -0.1) is 0 Å². The zero-order valence-electron chi connectivity index (χ0n) is 16.4. The maximum Gasteiger partial charge on any atom is 0.253 e. The lowest BCUT2D eigenvalue weighted by atomic mass is 9.72. The molecule has 2 saturated heterocycles. The lowest BCUT2D eigenvalue weighted by Crippen LogP contribution is -2.52. The molecule has 0 unspecified atom stereocenters. The van der Waals surface area contributed by atoms with Crippen LogP contribution in [0, 0.1) is 12.3 Å². The Morgan fingerprint density at radius 2 is 1.79 bits per heavy atom. The Labute approximate surface area is 166 Å². The largest absolute Gasteiger partial charge is 0.339 e. The lowest BCUT2D eigenvalue weighted by Gasteiger charge is -2.47. The monoisotopic (exact) mass is 377 g/mol. The maximum absolute atomic E-state index is 12.7. The lowest BCUT2D eigenvalue weighted by molar-refractivity contribution is -0.139. The minimum atomic E-state index is 0.114. The summed E-state index contributed by atoms with van der Waals surface area (Å²) in [6, 6.07) is 15.5. The summed E-state index contributed by atoms with van der Waals surface area (Å²) >= 11 is 0. The highest BCUT2D eigenvalue weighted by molar-refractivity contribution is 5.94. The summed E-state index contributed by atoms with van der Waals surface area (Å²) in [7, 11) is 0. The number of hydrogen-bond donors (Lipinski definition) is 0. The zero-order valence-corrected chi connectivity index (χ0v) is 16.4. The third-order valence-electron chi connectivity index (χ3n) is 6.18. The number of carbonyl (C=O) groups is 2. The number of pyridine rings is 1. The molecule has 1 aromatic heterocycles. The van der Waals surface area contributed by atoms with E-state index < -0.39 is 0 Å². The third kappa shape index (κ3) is 3.93. The van der Waals surface area contributed by atoms with Crippen molar-refractivity contribution < 1.29 is 9.59 Å². The molecule has 146 valence electrons. The molecule has 0 atom stereocenters. The Bertz CT molecular complexity index is 857. The number of amides is 2. The van der Waals surface area contributed by atoms with Crippen LogP contribution in [0.4, 0.5) is 0 Å². The summed E-state index contributed by atoms with van der Waals surface area (Å²) in [5.41, 5.74) is 2.81. The molecule has 0 aliphatic carbocycles. The van der Waals surface area contributed by atoms with E-state index in [0.29, 0.717) is 13.0 Å². The molecular formula is C23H27N3O2. The highest BCUT2D eigenvalue weighted by Crippen LogP contribution is 2.40. The highest BCUT2D eigenvalue weighted by atomic mass is 16.2. The van der Waals surface area contributed by atoms with Gasteiger partial charge in [0.25, 0.3) is 5.91 Å². The Morgan fingerprint density at radius 3 is 2.50 bits per heavy atom. The van der Waals surface area contributed by atoms with Crippen molar-refractivity contribution in [3.8, 4) is 0 Å². The molecule has 2 aromatic rings. The fourth-order valence-corrected chi connectivity index (χ4v) is 4.49. The van der Waals surface area contributed by atoms with Crippen molar-refractivity contribution in [2.75, 3.05) is 19.6 Å². The minimum absolute atomic E-state index is 0.114. The molecule has 28 heavy (non-hydrogen) atoms. The molecule has 3 heterocycles. The molecule has 5 heteroatoms. The number of nitrogens with zero attached hydrogens (tertiary/aromatic N) is 3. The van der Waals surface area contributed by atoms with Crippen LogP contribution in [0.5, 0.6) is 0 Å². The van der Waals surface area contributed by atoms with E-state index in [2.05, 4.69) is 4.98 Å². The number of benzene rings is 1. The average Bonchev–Trinajstić information content (AvgIpc) is 2.72. The van der Waals surface area contributed by atoms with Crippen LogP contribution < -0.4 is 0 Å². The second-order valence-corrected chi connectivity index (χ2v) is 8.18. The topological polar surface area (TPSA) is 53.5 Å². The summed E-state index contributed by atoms with van der Waals surface area (Å²) in [5, 5.41) is 0. The van der Waals surface area contributed by atoms with Crippen LogP contribution in [0.15, 0.2) is 48.5 Å². The zero-order chi connectivity index (χ0) is 19.6. The Kier molecular flexibility index (Phi) is 5.16. The van der Waals surface area contributed by atoms with Crippen LogP contribution in [-0.2, 0) is 11.3 Å². The number of piperidine rings is 2. The molecule has 0 bridgehead atoms. The van der Waals surface area contributed by atoms with Gasteiger partial charge in [-0.05, 0) is 55.9 Å². The maximum atomic E-state index is 12.7. The minimum Gasteiger partial charge on any atom is -0.339 e. The third-order valence-corrected chi connectivity index (χ3v) is 6.18. The van der Waals surface area contributed by atoms with Gasteiger partial charge < -0.3 is 9.80 Å². The van der Waals surface area contributed by atoms with E-state index in [-0.39, 0.29) is 17.2 Å². The Hall–Kier alpha value is -2.69. The molecule has 1 spiro atoms. The van der Waals surface area contributed by atoms with Crippen LogP contribution in [0.3, 0.4) is 0 Å². The van der Waals surface area contributed by atoms with Crippen LogP contribution in [0.25, 0.3) is 0 Å². The van der Waals surface area contributed by atoms with Gasteiger partial charge in [-0.25, -0.2) is 0 Å². The SMILES string of the molecule is Cc1cccc(CN2CC3(CCC2=O)CCN(C(=O)c2ccccc2)CC3)n1. The standard InChI is InChI=1S/C23H27N3O2/c1-18-6-5-9-20(24-18)16-26-17-23(11-10-21(26)27)12-14-25(15-13-23)22(28)19-7-3-2-4-8-19/h2-9H,10-17H2,1H3. The van der Waals surface area contributed by atoms with Crippen molar-refractivity contribution in [2.24, 2.45) is 5.41 Å². The average molecular weight is 377 g/mol. The number of rotatable bonds is 3. The van der Waals surface area contributed by atoms with E-state index in [4.69, 9.17) is 0 Å². The van der Waals surface area contributed by atoms with Gasteiger partial charge in [0.15, 0.2) is 0 Å². The molecule has 0 saturated carbocycles. The van der Waals surface area contributed by atoms with Crippen LogP contribution >= 0.6 is 0 Å². The predicted octanol–water partition coefficient (Wildman–Crippen LogP) is 3.44. The number of aryl methyl sites for hydroxylation is 1. The predicted molar refractivity (Wildman–Crippen MR) is 108 cm³/mol. The summed E-state index contributed by atoms with van der Waals surface area (Å²) in [5.74, 6) is 0.333. The highest BCUT2D eigenvalue weighted by Gasteiger charge is 2.41. The number of aromatic nitrogens is 1. The van der Waals surface area contributed by atoms with Gasteiger partial charge in [-0.3, -0.25) is 14.6 Å². The van der Waals surface area contributed by atoms with Crippen LogP contribution in [-0.4, -0.2) is 46.2 Å². The normalized spacial score (nSPS) is 19.1. The Balaban J connectivity index is 1.40. The van der Waals surface area contributed by atoms with E-state index in [1.165, 1.54) is 0 Å². The molecule has 0 N–H and O–H groups in total. The van der Waals surface area contributed by atoms with Gasteiger partial charge in [0, 0.05) is 37.3 Å². The first-order valence-electron chi connectivity index (χ1n) is 10.1. The van der Waals surface area contributed by atoms with Crippen molar-refractivity contribution in [1.29, 1.82) is 0 Å². The molecule has 1 aromatic carbocycles. The summed E-state index contributed by atoms with van der Waals surface area (Å²) in [4.78, 5) is 33.7. The van der Waals surface area contributed by atoms with E-state index >= 15 is 0 Å². The van der Waals surface area contributed by atoms with Crippen molar-refractivity contribution in [3.63, 3.8) is 0 Å². The van der Waals surface area contributed by atoms with Gasteiger partial charge in [-0.1, -0.05) is 24.3 Å². The summed E-state index contributed by atoms with van der Waals surface area (Å²) in [6.07, 6.45) is 3.43. The van der Waals surface area contributed by atoms with E-state index in [9.17, 15) is 9.59 Å². The molecule has 4 rings (SSSR count). The molecule has 0 radical (unpaired) electrons. The van der Waals surface area contributed by atoms with Gasteiger partial charge in [0.05, 0.1) is 12.2 Å². The van der Waals surface area contributed by atoms with Crippen LogP contribution in [0.2, 0.25) is 0 Å². The number of hydrogen-bond acceptors (Lipinski definition) is 3. The summed E-state index contributed by atoms with van der Waals surface area (Å²) in [6.45, 7) is 4.85. The molecule has 2 aliphatic heterocycles. The number of likely N-dealkylation sites (tertiary alicyclic amines) is 2. The molecule has 2 fully saturated rings. The van der Waals surface area contributed by atoms with Crippen molar-refractivity contribution in [1.82, 2.24) is 14.8 Å². The quantitative estimate of drug-likeness (QED) is 0.823. The van der Waals surface area contributed by atoms with Crippen LogP contribution in [0.1, 0.15) is 47.4 Å². The molecule has 5 nitrogen and oxygen atoms in total. The van der Waals surface area contributed by atoms with Gasteiger partial charge in [-0.2, -0.15) is 0 Å². The smallest absolute Gasteiger partial charge is 0.253 e. The fourth-order valence-electron chi connectivity index (χ4n) is 4.49. The van der Waals surface area contributed by atoms with E-state index in [1.807, 2.05) is 65.3 Å². The molecular weight excluding hydrogens is 350 g/mol. The Morgan fingerprint density at radius 1 is 1.04 bits per heavy atom. The van der Waals surface area contributed by atoms with Gasteiger partial charge >= 0.3 is 0 Å². The molecule has 2 amide bonds. The van der Waals surface area contributed by atoms with Crippen molar-refractivity contribution in [2.45, 2.75) is 39.2 Å². The van der Waals surface area contributed by atoms with E-state index in [1.54, 1.807) is 0 Å². The van der Waals surface area contributed by atoms with Crippen molar-refractivity contribution in [3.05, 3.63) is 65.5 Å².